The quantitative estimate of drug-likeness (QED) is 0.374. The highest BCUT2D eigenvalue weighted by Gasteiger charge is 2.08. The van der Waals surface area contributed by atoms with Crippen LogP contribution in [0.4, 0.5) is 0 Å². The molecule has 0 atom stereocenters. The van der Waals surface area contributed by atoms with Gasteiger partial charge in [-0.05, 0) is 54.4 Å². The van der Waals surface area contributed by atoms with E-state index in [0.29, 0.717) is 29.7 Å². The standard InChI is InChI=1S/C24H23ClN2O4/c1-2-30-23-13-18(9-12-22(23)31-16-19-5-3-4-6-21(19)25)15-26-27-24(29)14-17-7-10-20(28)11-8-17/h3-13,15,28H,2,14,16H2,1H3,(H,27,29)/b26-15-. The number of amides is 1. The molecule has 0 heterocycles. The molecular weight excluding hydrogens is 416 g/mol. The Kier molecular flexibility index (Phi) is 7.90. The maximum atomic E-state index is 12.0. The van der Waals surface area contributed by atoms with Crippen LogP contribution in [0.25, 0.3) is 0 Å². The molecule has 3 aromatic carbocycles. The van der Waals surface area contributed by atoms with Crippen molar-refractivity contribution >= 4 is 23.7 Å². The lowest BCUT2D eigenvalue weighted by molar-refractivity contribution is -0.120. The van der Waals surface area contributed by atoms with E-state index in [2.05, 4.69) is 10.5 Å². The summed E-state index contributed by atoms with van der Waals surface area (Å²) in [6.07, 6.45) is 1.70. The van der Waals surface area contributed by atoms with Crippen molar-refractivity contribution < 1.29 is 19.4 Å². The predicted octanol–water partition coefficient (Wildman–Crippen LogP) is 4.72. The zero-order valence-corrected chi connectivity index (χ0v) is 17.8. The minimum atomic E-state index is -0.258. The smallest absolute Gasteiger partial charge is 0.244 e. The number of rotatable bonds is 9. The molecule has 0 radical (unpaired) electrons. The number of hydrogen-bond acceptors (Lipinski definition) is 5. The number of phenols is 1. The van der Waals surface area contributed by atoms with Crippen LogP contribution in [0, 0.1) is 0 Å². The van der Waals surface area contributed by atoms with Gasteiger partial charge in [0.15, 0.2) is 11.5 Å². The summed E-state index contributed by atoms with van der Waals surface area (Å²) in [5, 5.41) is 13.9. The Morgan fingerprint density at radius 2 is 1.84 bits per heavy atom. The summed E-state index contributed by atoms with van der Waals surface area (Å²) in [7, 11) is 0. The molecule has 0 aliphatic carbocycles. The molecule has 3 rings (SSSR count). The maximum Gasteiger partial charge on any atom is 0.244 e. The Morgan fingerprint density at radius 3 is 2.58 bits per heavy atom. The number of hydrogen-bond donors (Lipinski definition) is 2. The van der Waals surface area contributed by atoms with Crippen molar-refractivity contribution in [1.29, 1.82) is 0 Å². The van der Waals surface area contributed by atoms with Crippen molar-refractivity contribution in [1.82, 2.24) is 5.43 Å². The molecule has 6 nitrogen and oxygen atoms in total. The van der Waals surface area contributed by atoms with Crippen molar-refractivity contribution in [2.45, 2.75) is 20.0 Å². The molecule has 0 fully saturated rings. The third-order valence-electron chi connectivity index (χ3n) is 4.31. The first-order valence-corrected chi connectivity index (χ1v) is 10.2. The van der Waals surface area contributed by atoms with Crippen molar-refractivity contribution in [3.8, 4) is 17.2 Å². The normalized spacial score (nSPS) is 10.8. The Bertz CT molecular complexity index is 1050. The van der Waals surface area contributed by atoms with E-state index in [0.717, 1.165) is 16.7 Å². The summed E-state index contributed by atoms with van der Waals surface area (Å²) in [6.45, 7) is 2.69. The van der Waals surface area contributed by atoms with E-state index in [9.17, 15) is 9.90 Å². The molecule has 0 bridgehead atoms. The highest BCUT2D eigenvalue weighted by molar-refractivity contribution is 6.31. The van der Waals surface area contributed by atoms with Gasteiger partial charge < -0.3 is 14.6 Å². The molecule has 31 heavy (non-hydrogen) atoms. The van der Waals surface area contributed by atoms with E-state index in [4.69, 9.17) is 21.1 Å². The van der Waals surface area contributed by atoms with Crippen molar-refractivity contribution in [2.75, 3.05) is 6.61 Å². The first-order valence-electron chi connectivity index (χ1n) is 9.78. The van der Waals surface area contributed by atoms with E-state index in [1.54, 1.807) is 24.3 Å². The van der Waals surface area contributed by atoms with Crippen LogP contribution in [-0.4, -0.2) is 23.8 Å². The first kappa shape index (κ1) is 22.2. The Morgan fingerprint density at radius 1 is 1.06 bits per heavy atom. The molecular formula is C24H23ClN2O4. The Hall–Kier alpha value is -3.51. The van der Waals surface area contributed by atoms with Gasteiger partial charge in [0.1, 0.15) is 12.4 Å². The van der Waals surface area contributed by atoms with Crippen LogP contribution in [0.1, 0.15) is 23.6 Å². The monoisotopic (exact) mass is 438 g/mol. The number of benzene rings is 3. The molecule has 0 unspecified atom stereocenters. The topological polar surface area (TPSA) is 80.2 Å². The summed E-state index contributed by atoms with van der Waals surface area (Å²) in [5.41, 5.74) is 4.91. The van der Waals surface area contributed by atoms with Gasteiger partial charge in [0.05, 0.1) is 19.2 Å². The van der Waals surface area contributed by atoms with Gasteiger partial charge in [0, 0.05) is 10.6 Å². The number of hydrazone groups is 1. The highest BCUT2D eigenvalue weighted by atomic mass is 35.5. The second-order valence-electron chi connectivity index (χ2n) is 6.66. The van der Waals surface area contributed by atoms with E-state index < -0.39 is 0 Å². The molecule has 2 N–H and O–H groups in total. The number of halogens is 1. The Labute approximate surface area is 186 Å². The maximum absolute atomic E-state index is 12.0. The van der Waals surface area contributed by atoms with Crippen molar-refractivity contribution in [2.24, 2.45) is 5.10 Å². The number of carbonyl (C=O) groups excluding carboxylic acids is 1. The third-order valence-corrected chi connectivity index (χ3v) is 4.68. The van der Waals surface area contributed by atoms with Gasteiger partial charge in [0.2, 0.25) is 5.91 Å². The van der Waals surface area contributed by atoms with Crippen LogP contribution >= 0.6 is 11.6 Å². The molecule has 160 valence electrons. The van der Waals surface area contributed by atoms with Crippen molar-refractivity contribution in [3.05, 3.63) is 88.4 Å². The van der Waals surface area contributed by atoms with E-state index in [1.807, 2.05) is 37.3 Å². The van der Waals surface area contributed by atoms with Crippen LogP contribution in [0.15, 0.2) is 71.8 Å². The third kappa shape index (κ3) is 6.76. The van der Waals surface area contributed by atoms with Crippen LogP contribution in [0.3, 0.4) is 0 Å². The molecule has 0 aromatic heterocycles. The van der Waals surface area contributed by atoms with Crippen LogP contribution < -0.4 is 14.9 Å². The number of nitrogens with one attached hydrogen (secondary N) is 1. The van der Waals surface area contributed by atoms with Gasteiger partial charge in [-0.2, -0.15) is 5.10 Å². The fourth-order valence-electron chi connectivity index (χ4n) is 2.78. The molecule has 0 aliphatic rings. The van der Waals surface area contributed by atoms with Gasteiger partial charge in [-0.1, -0.05) is 41.9 Å². The molecule has 7 heteroatoms. The minimum absolute atomic E-state index is 0.159. The van der Waals surface area contributed by atoms with E-state index >= 15 is 0 Å². The van der Waals surface area contributed by atoms with Crippen LogP contribution in [0.5, 0.6) is 17.2 Å². The lowest BCUT2D eigenvalue weighted by Crippen LogP contribution is -2.19. The van der Waals surface area contributed by atoms with Crippen molar-refractivity contribution in [3.63, 3.8) is 0 Å². The summed E-state index contributed by atoms with van der Waals surface area (Å²) in [6, 6.07) is 19.4. The molecule has 0 saturated carbocycles. The summed E-state index contributed by atoms with van der Waals surface area (Å²) >= 11 is 6.18. The zero-order chi connectivity index (χ0) is 22.1. The lowest BCUT2D eigenvalue weighted by atomic mass is 10.1. The van der Waals surface area contributed by atoms with Gasteiger partial charge >= 0.3 is 0 Å². The number of carbonyl (C=O) groups is 1. The van der Waals surface area contributed by atoms with Gasteiger partial charge in [-0.25, -0.2) is 5.43 Å². The lowest BCUT2D eigenvalue weighted by Gasteiger charge is -2.13. The molecule has 1 amide bonds. The largest absolute Gasteiger partial charge is 0.508 e. The zero-order valence-electron chi connectivity index (χ0n) is 17.0. The average molecular weight is 439 g/mol. The first-order chi connectivity index (χ1) is 15.0. The molecule has 0 spiro atoms. The average Bonchev–Trinajstić information content (AvgIpc) is 2.76. The minimum Gasteiger partial charge on any atom is -0.508 e. The second-order valence-corrected chi connectivity index (χ2v) is 7.06. The van der Waals surface area contributed by atoms with Gasteiger partial charge in [-0.3, -0.25) is 4.79 Å². The summed E-state index contributed by atoms with van der Waals surface area (Å²) < 4.78 is 11.6. The molecule has 0 aliphatic heterocycles. The molecule has 3 aromatic rings. The van der Waals surface area contributed by atoms with Gasteiger partial charge in [0.25, 0.3) is 0 Å². The number of aromatic hydroxyl groups is 1. The van der Waals surface area contributed by atoms with Gasteiger partial charge in [-0.15, -0.1) is 0 Å². The van der Waals surface area contributed by atoms with Crippen LogP contribution in [-0.2, 0) is 17.8 Å². The fourth-order valence-corrected chi connectivity index (χ4v) is 2.97. The SMILES string of the molecule is CCOc1cc(/C=N\NC(=O)Cc2ccc(O)cc2)ccc1OCc1ccccc1Cl. The summed E-state index contributed by atoms with van der Waals surface area (Å²) in [4.78, 5) is 12.0. The van der Waals surface area contributed by atoms with E-state index in [1.165, 1.54) is 18.3 Å². The molecule has 0 saturated heterocycles. The van der Waals surface area contributed by atoms with Crippen LogP contribution in [0.2, 0.25) is 5.02 Å². The number of ether oxygens (including phenoxy) is 2. The highest BCUT2D eigenvalue weighted by Crippen LogP contribution is 2.29. The Balaban J connectivity index is 1.60. The second kappa shape index (κ2) is 11.0. The fraction of sp³-hybridized carbons (Fsp3) is 0.167. The number of phenolic OH excluding ortho intramolecular Hbond substituents is 1. The summed E-state index contributed by atoms with van der Waals surface area (Å²) in [5.74, 6) is 1.07. The number of nitrogens with zero attached hydrogens (tertiary/aromatic N) is 1. The van der Waals surface area contributed by atoms with E-state index in [-0.39, 0.29) is 18.1 Å². The predicted molar refractivity (Wildman–Crippen MR) is 121 cm³/mol.